The molecule has 4 nitrogen and oxygen atoms in total. The molecule has 1 aliphatic rings. The van der Waals surface area contributed by atoms with Gasteiger partial charge in [0.25, 0.3) is 0 Å². The number of likely N-dealkylation sites (tertiary alicyclic amines) is 1. The third kappa shape index (κ3) is 2.58. The second-order valence-corrected chi connectivity index (χ2v) is 4.22. The smallest absolute Gasteiger partial charge is 0.227 e. The van der Waals surface area contributed by atoms with Crippen molar-refractivity contribution in [3.8, 4) is 0 Å². The van der Waals surface area contributed by atoms with E-state index in [1.165, 1.54) is 0 Å². The Kier molecular flexibility index (Phi) is 3.51. The van der Waals surface area contributed by atoms with Crippen molar-refractivity contribution in [2.45, 2.75) is 12.8 Å². The molecule has 2 heterocycles. The summed E-state index contributed by atoms with van der Waals surface area (Å²) in [4.78, 5) is 17.7. The number of hydrogen-bond donors (Lipinski definition) is 1. The highest BCUT2D eigenvalue weighted by molar-refractivity contribution is 5.78. The molecule has 0 unspecified atom stereocenters. The molecule has 16 heavy (non-hydrogen) atoms. The van der Waals surface area contributed by atoms with Gasteiger partial charge in [0.1, 0.15) is 0 Å². The van der Waals surface area contributed by atoms with E-state index >= 15 is 0 Å². The van der Waals surface area contributed by atoms with Crippen molar-refractivity contribution in [1.82, 2.24) is 9.88 Å². The minimum atomic E-state index is 0.129. The monoisotopic (exact) mass is 220 g/mol. The molecule has 86 valence electrons. The molecule has 0 aliphatic carbocycles. The molecular formula is C12H16N2O2. The van der Waals surface area contributed by atoms with E-state index in [9.17, 15) is 4.79 Å². The summed E-state index contributed by atoms with van der Waals surface area (Å²) in [6.45, 7) is 1.64. The largest absolute Gasteiger partial charge is 0.396 e. The summed E-state index contributed by atoms with van der Waals surface area (Å²) in [6.07, 6.45) is 4.74. The summed E-state index contributed by atoms with van der Waals surface area (Å²) >= 11 is 0. The van der Waals surface area contributed by atoms with Crippen LogP contribution >= 0.6 is 0 Å². The normalized spacial score (nSPS) is 20.1. The third-order valence-electron chi connectivity index (χ3n) is 2.97. The number of carbonyl (C=O) groups excluding carboxylic acids is 1. The van der Waals surface area contributed by atoms with Gasteiger partial charge in [-0.1, -0.05) is 6.07 Å². The molecule has 4 heteroatoms. The average Bonchev–Trinajstić information content (AvgIpc) is 2.79. The highest BCUT2D eigenvalue weighted by Crippen LogP contribution is 2.16. The van der Waals surface area contributed by atoms with Crippen molar-refractivity contribution in [2.75, 3.05) is 19.7 Å². The molecule has 1 atom stereocenters. The lowest BCUT2D eigenvalue weighted by Gasteiger charge is -2.15. The topological polar surface area (TPSA) is 53.4 Å². The van der Waals surface area contributed by atoms with E-state index in [-0.39, 0.29) is 18.4 Å². The van der Waals surface area contributed by atoms with Crippen LogP contribution < -0.4 is 0 Å². The minimum absolute atomic E-state index is 0.129. The standard InChI is InChI=1S/C12H16N2O2/c15-9-11-3-5-14(8-11)12(16)6-10-2-1-4-13-7-10/h1-2,4,7,11,15H,3,5-6,8-9H2/t11-/m1/s1. The van der Waals surface area contributed by atoms with Crippen molar-refractivity contribution < 1.29 is 9.90 Å². The van der Waals surface area contributed by atoms with Gasteiger partial charge in [-0.2, -0.15) is 0 Å². The molecule has 2 rings (SSSR count). The van der Waals surface area contributed by atoms with Gasteiger partial charge in [0.2, 0.25) is 5.91 Å². The summed E-state index contributed by atoms with van der Waals surface area (Å²) in [5.41, 5.74) is 0.944. The van der Waals surface area contributed by atoms with Crippen LogP contribution in [0.5, 0.6) is 0 Å². The van der Waals surface area contributed by atoms with Crippen molar-refractivity contribution in [3.63, 3.8) is 0 Å². The number of rotatable bonds is 3. The highest BCUT2D eigenvalue weighted by atomic mass is 16.3. The molecule has 0 aromatic carbocycles. The minimum Gasteiger partial charge on any atom is -0.396 e. The zero-order valence-corrected chi connectivity index (χ0v) is 9.17. The highest BCUT2D eigenvalue weighted by Gasteiger charge is 2.25. The molecular weight excluding hydrogens is 204 g/mol. The number of aliphatic hydroxyl groups is 1. The lowest BCUT2D eigenvalue weighted by Crippen LogP contribution is -2.30. The Bertz CT molecular complexity index is 353. The second-order valence-electron chi connectivity index (χ2n) is 4.22. The SMILES string of the molecule is O=C(Cc1cccnc1)N1CC[C@@H](CO)C1. The van der Waals surface area contributed by atoms with Crippen molar-refractivity contribution in [2.24, 2.45) is 5.92 Å². The molecule has 0 saturated carbocycles. The Labute approximate surface area is 94.9 Å². The molecule has 1 amide bonds. The van der Waals surface area contributed by atoms with Crippen LogP contribution in [0.2, 0.25) is 0 Å². The summed E-state index contributed by atoms with van der Waals surface area (Å²) in [7, 11) is 0. The first-order valence-electron chi connectivity index (χ1n) is 5.57. The van der Waals surface area contributed by atoms with Gasteiger partial charge in [0.15, 0.2) is 0 Å². The van der Waals surface area contributed by atoms with Crippen LogP contribution in [-0.4, -0.2) is 40.6 Å². The van der Waals surface area contributed by atoms with Gasteiger partial charge in [0, 0.05) is 38.0 Å². The van der Waals surface area contributed by atoms with Gasteiger partial charge in [-0.15, -0.1) is 0 Å². The van der Waals surface area contributed by atoms with E-state index in [2.05, 4.69) is 4.98 Å². The van der Waals surface area contributed by atoms with E-state index in [1.807, 2.05) is 17.0 Å². The van der Waals surface area contributed by atoms with Gasteiger partial charge in [-0.3, -0.25) is 9.78 Å². The first-order chi connectivity index (χ1) is 7.79. The summed E-state index contributed by atoms with van der Waals surface area (Å²) in [5.74, 6) is 0.391. The first kappa shape index (κ1) is 11.1. The number of amides is 1. The second kappa shape index (κ2) is 5.07. The van der Waals surface area contributed by atoms with Crippen LogP contribution in [0.3, 0.4) is 0 Å². The first-order valence-corrected chi connectivity index (χ1v) is 5.57. The van der Waals surface area contributed by atoms with Gasteiger partial charge < -0.3 is 10.0 Å². The number of nitrogens with zero attached hydrogens (tertiary/aromatic N) is 2. The molecule has 1 aromatic rings. The predicted octanol–water partition coefficient (Wildman–Crippen LogP) is 0.465. The van der Waals surface area contributed by atoms with E-state index in [1.54, 1.807) is 12.4 Å². The lowest BCUT2D eigenvalue weighted by molar-refractivity contribution is -0.129. The van der Waals surface area contributed by atoms with Crippen LogP contribution in [0.1, 0.15) is 12.0 Å². The number of aromatic nitrogens is 1. The van der Waals surface area contributed by atoms with E-state index in [0.29, 0.717) is 13.0 Å². The van der Waals surface area contributed by atoms with Crippen LogP contribution in [0, 0.1) is 5.92 Å². The van der Waals surface area contributed by atoms with E-state index in [0.717, 1.165) is 18.5 Å². The molecule has 0 radical (unpaired) electrons. The van der Waals surface area contributed by atoms with Crippen molar-refractivity contribution >= 4 is 5.91 Å². The number of pyridine rings is 1. The molecule has 1 aromatic heterocycles. The van der Waals surface area contributed by atoms with Gasteiger partial charge in [0.05, 0.1) is 6.42 Å². The molecule has 1 fully saturated rings. The van der Waals surface area contributed by atoms with Gasteiger partial charge in [-0.05, 0) is 18.1 Å². The van der Waals surface area contributed by atoms with Crippen LogP contribution in [0.25, 0.3) is 0 Å². The summed E-state index contributed by atoms with van der Waals surface area (Å²) < 4.78 is 0. The fourth-order valence-corrected chi connectivity index (χ4v) is 2.00. The Balaban J connectivity index is 1.90. The summed E-state index contributed by atoms with van der Waals surface area (Å²) in [6, 6.07) is 3.74. The molecule has 1 aliphatic heterocycles. The molecule has 0 bridgehead atoms. The van der Waals surface area contributed by atoms with Gasteiger partial charge in [-0.25, -0.2) is 0 Å². The van der Waals surface area contributed by atoms with E-state index < -0.39 is 0 Å². The number of carbonyl (C=O) groups is 1. The van der Waals surface area contributed by atoms with Crippen LogP contribution in [-0.2, 0) is 11.2 Å². The Morgan fingerprint density at radius 2 is 2.50 bits per heavy atom. The van der Waals surface area contributed by atoms with Gasteiger partial charge >= 0.3 is 0 Å². The lowest BCUT2D eigenvalue weighted by atomic mass is 10.1. The van der Waals surface area contributed by atoms with E-state index in [4.69, 9.17) is 5.11 Å². The number of hydrogen-bond acceptors (Lipinski definition) is 3. The zero-order chi connectivity index (χ0) is 11.4. The number of aliphatic hydroxyl groups excluding tert-OH is 1. The van der Waals surface area contributed by atoms with Crippen LogP contribution in [0.4, 0.5) is 0 Å². The maximum atomic E-state index is 11.9. The Morgan fingerprint density at radius 1 is 1.62 bits per heavy atom. The fourth-order valence-electron chi connectivity index (χ4n) is 2.00. The molecule has 1 N–H and O–H groups in total. The Hall–Kier alpha value is -1.42. The Morgan fingerprint density at radius 3 is 3.12 bits per heavy atom. The zero-order valence-electron chi connectivity index (χ0n) is 9.17. The molecule has 0 spiro atoms. The summed E-state index contributed by atoms with van der Waals surface area (Å²) in [5, 5.41) is 9.01. The predicted molar refractivity (Wildman–Crippen MR) is 59.7 cm³/mol. The molecule has 1 saturated heterocycles. The quantitative estimate of drug-likeness (QED) is 0.805. The van der Waals surface area contributed by atoms with Crippen molar-refractivity contribution in [3.05, 3.63) is 30.1 Å². The maximum Gasteiger partial charge on any atom is 0.227 e. The average molecular weight is 220 g/mol. The van der Waals surface area contributed by atoms with Crippen LogP contribution in [0.15, 0.2) is 24.5 Å². The fraction of sp³-hybridized carbons (Fsp3) is 0.500. The van der Waals surface area contributed by atoms with Crippen molar-refractivity contribution in [1.29, 1.82) is 0 Å². The third-order valence-corrected chi connectivity index (χ3v) is 2.97. The maximum absolute atomic E-state index is 11.9.